The smallest absolute Gasteiger partial charge is 0.326 e. The Morgan fingerprint density at radius 1 is 1.20 bits per heavy atom. The van der Waals surface area contributed by atoms with Gasteiger partial charge in [0.15, 0.2) is 11.2 Å². The van der Waals surface area contributed by atoms with Gasteiger partial charge < -0.3 is 10.3 Å². The molecule has 1 unspecified atom stereocenters. The summed E-state index contributed by atoms with van der Waals surface area (Å²) in [5.74, 6) is 0. The molecule has 0 saturated carbocycles. The number of hydrogen-bond acceptors (Lipinski definition) is 4. The standard InChI is InChI=1S/C13H21N5O2/c1-4-9(14)7-18-12(19)10-11(15-8-16(10)5-2)17(6-3)13(18)20/h8-9H,4-7,14H2,1-3H3. The van der Waals surface area contributed by atoms with Crippen LogP contribution in [0.4, 0.5) is 0 Å². The van der Waals surface area contributed by atoms with Crippen molar-refractivity contribution in [2.24, 2.45) is 5.73 Å². The molecule has 0 amide bonds. The lowest BCUT2D eigenvalue weighted by atomic mass is 10.2. The highest BCUT2D eigenvalue weighted by Crippen LogP contribution is 2.06. The summed E-state index contributed by atoms with van der Waals surface area (Å²) in [6.45, 7) is 7.07. The van der Waals surface area contributed by atoms with Gasteiger partial charge in [-0.1, -0.05) is 6.92 Å². The van der Waals surface area contributed by atoms with E-state index in [1.165, 1.54) is 9.13 Å². The van der Waals surface area contributed by atoms with Crippen LogP contribution in [0.15, 0.2) is 15.9 Å². The molecule has 2 rings (SSSR count). The van der Waals surface area contributed by atoms with E-state index in [0.29, 0.717) is 30.7 Å². The van der Waals surface area contributed by atoms with E-state index in [-0.39, 0.29) is 23.8 Å². The van der Waals surface area contributed by atoms with Gasteiger partial charge in [-0.15, -0.1) is 0 Å². The molecule has 0 bridgehead atoms. The molecule has 110 valence electrons. The lowest BCUT2D eigenvalue weighted by Crippen LogP contribution is -2.44. The number of rotatable bonds is 5. The average molecular weight is 279 g/mol. The van der Waals surface area contributed by atoms with Crippen LogP contribution in [0.25, 0.3) is 11.2 Å². The second kappa shape index (κ2) is 5.62. The van der Waals surface area contributed by atoms with E-state index in [4.69, 9.17) is 5.73 Å². The van der Waals surface area contributed by atoms with E-state index in [0.717, 1.165) is 0 Å². The second-order valence-electron chi connectivity index (χ2n) is 4.81. The van der Waals surface area contributed by atoms with Gasteiger partial charge in [-0.05, 0) is 20.3 Å². The third-order valence-electron chi connectivity index (χ3n) is 3.58. The van der Waals surface area contributed by atoms with Crippen molar-refractivity contribution in [2.45, 2.75) is 52.9 Å². The Hall–Kier alpha value is -1.89. The van der Waals surface area contributed by atoms with Crippen molar-refractivity contribution in [3.63, 3.8) is 0 Å². The maximum Gasteiger partial charge on any atom is 0.332 e. The third-order valence-corrected chi connectivity index (χ3v) is 3.58. The van der Waals surface area contributed by atoms with Gasteiger partial charge in [0.1, 0.15) is 0 Å². The maximum absolute atomic E-state index is 12.5. The van der Waals surface area contributed by atoms with Crippen molar-refractivity contribution >= 4 is 11.2 Å². The zero-order valence-electron chi connectivity index (χ0n) is 12.2. The molecule has 7 nitrogen and oxygen atoms in total. The second-order valence-corrected chi connectivity index (χ2v) is 4.81. The van der Waals surface area contributed by atoms with Crippen molar-refractivity contribution in [3.8, 4) is 0 Å². The Bertz CT molecular complexity index is 725. The fourth-order valence-electron chi connectivity index (χ4n) is 2.29. The lowest BCUT2D eigenvalue weighted by molar-refractivity contribution is 0.493. The molecule has 0 aromatic carbocycles. The van der Waals surface area contributed by atoms with Gasteiger partial charge in [0, 0.05) is 25.7 Å². The first-order valence-electron chi connectivity index (χ1n) is 6.99. The monoisotopic (exact) mass is 279 g/mol. The summed E-state index contributed by atoms with van der Waals surface area (Å²) in [4.78, 5) is 29.2. The zero-order valence-corrected chi connectivity index (χ0v) is 12.2. The van der Waals surface area contributed by atoms with Crippen LogP contribution >= 0.6 is 0 Å². The number of imidazole rings is 1. The summed E-state index contributed by atoms with van der Waals surface area (Å²) in [5, 5.41) is 0. The first kappa shape index (κ1) is 14.5. The lowest BCUT2D eigenvalue weighted by Gasteiger charge is -2.13. The topological polar surface area (TPSA) is 87.8 Å². The van der Waals surface area contributed by atoms with Crippen LogP contribution in [-0.4, -0.2) is 24.7 Å². The van der Waals surface area contributed by atoms with Crippen molar-refractivity contribution in [1.82, 2.24) is 18.7 Å². The molecule has 0 aliphatic rings. The molecule has 0 aliphatic carbocycles. The zero-order chi connectivity index (χ0) is 14.9. The minimum absolute atomic E-state index is 0.207. The van der Waals surface area contributed by atoms with E-state index < -0.39 is 0 Å². The molecule has 2 heterocycles. The quantitative estimate of drug-likeness (QED) is 0.843. The third kappa shape index (κ3) is 2.18. The summed E-state index contributed by atoms with van der Waals surface area (Å²) in [6.07, 6.45) is 2.31. The number of nitrogens with zero attached hydrogens (tertiary/aromatic N) is 4. The van der Waals surface area contributed by atoms with Gasteiger partial charge in [0.25, 0.3) is 5.56 Å². The van der Waals surface area contributed by atoms with Gasteiger partial charge >= 0.3 is 5.69 Å². The first-order valence-corrected chi connectivity index (χ1v) is 6.99. The Balaban J connectivity index is 2.81. The number of nitrogens with two attached hydrogens (primary N) is 1. The van der Waals surface area contributed by atoms with Gasteiger partial charge in [-0.3, -0.25) is 13.9 Å². The molecule has 7 heteroatoms. The number of fused-ring (bicyclic) bond motifs is 1. The Labute approximate surface area is 116 Å². The number of aromatic nitrogens is 4. The minimum atomic E-state index is -0.338. The predicted octanol–water partition coefficient (Wildman–Crippen LogP) is 0.137. The Morgan fingerprint density at radius 3 is 2.45 bits per heavy atom. The van der Waals surface area contributed by atoms with Crippen LogP contribution in [0.1, 0.15) is 27.2 Å². The summed E-state index contributed by atoms with van der Waals surface area (Å²) in [7, 11) is 0. The van der Waals surface area contributed by atoms with E-state index in [1.807, 2.05) is 20.8 Å². The largest absolute Gasteiger partial charge is 0.332 e. The van der Waals surface area contributed by atoms with Gasteiger partial charge in [0.05, 0.1) is 6.33 Å². The number of aryl methyl sites for hydroxylation is 2. The van der Waals surface area contributed by atoms with Gasteiger partial charge in [-0.2, -0.15) is 0 Å². The minimum Gasteiger partial charge on any atom is -0.326 e. The summed E-state index contributed by atoms with van der Waals surface area (Å²) in [6, 6.07) is -0.207. The highest BCUT2D eigenvalue weighted by molar-refractivity contribution is 5.70. The van der Waals surface area contributed by atoms with Crippen LogP contribution in [0, 0.1) is 0 Å². The molecular formula is C13H21N5O2. The van der Waals surface area contributed by atoms with Crippen molar-refractivity contribution in [2.75, 3.05) is 0 Å². The fraction of sp³-hybridized carbons (Fsp3) is 0.615. The summed E-state index contributed by atoms with van der Waals surface area (Å²) < 4.78 is 4.51. The van der Waals surface area contributed by atoms with E-state index >= 15 is 0 Å². The van der Waals surface area contributed by atoms with E-state index in [2.05, 4.69) is 4.98 Å². The van der Waals surface area contributed by atoms with Crippen LogP contribution in [0.2, 0.25) is 0 Å². The maximum atomic E-state index is 12.5. The molecule has 20 heavy (non-hydrogen) atoms. The molecule has 2 aromatic rings. The summed E-state index contributed by atoms with van der Waals surface area (Å²) in [5.41, 5.74) is 6.17. The van der Waals surface area contributed by atoms with E-state index in [1.54, 1.807) is 10.9 Å². The van der Waals surface area contributed by atoms with Crippen LogP contribution in [0.5, 0.6) is 0 Å². The summed E-state index contributed by atoms with van der Waals surface area (Å²) >= 11 is 0. The molecule has 0 radical (unpaired) electrons. The number of hydrogen-bond donors (Lipinski definition) is 1. The van der Waals surface area contributed by atoms with E-state index in [9.17, 15) is 9.59 Å². The fourth-order valence-corrected chi connectivity index (χ4v) is 2.29. The van der Waals surface area contributed by atoms with Gasteiger partial charge in [-0.25, -0.2) is 9.78 Å². The molecule has 0 saturated heterocycles. The molecule has 0 aliphatic heterocycles. The molecule has 2 aromatic heterocycles. The van der Waals surface area contributed by atoms with Crippen molar-refractivity contribution in [3.05, 3.63) is 27.2 Å². The molecule has 2 N–H and O–H groups in total. The van der Waals surface area contributed by atoms with Crippen LogP contribution in [-0.2, 0) is 19.6 Å². The van der Waals surface area contributed by atoms with Crippen LogP contribution < -0.4 is 17.0 Å². The Morgan fingerprint density at radius 2 is 1.90 bits per heavy atom. The van der Waals surface area contributed by atoms with Gasteiger partial charge in [0.2, 0.25) is 0 Å². The molecular weight excluding hydrogens is 258 g/mol. The normalized spacial score (nSPS) is 13.0. The molecule has 0 spiro atoms. The predicted molar refractivity (Wildman–Crippen MR) is 77.9 cm³/mol. The highest BCUT2D eigenvalue weighted by Gasteiger charge is 2.17. The first-order chi connectivity index (χ1) is 9.54. The van der Waals surface area contributed by atoms with Crippen LogP contribution in [0.3, 0.4) is 0 Å². The van der Waals surface area contributed by atoms with Crippen molar-refractivity contribution in [1.29, 1.82) is 0 Å². The molecule has 0 fully saturated rings. The van der Waals surface area contributed by atoms with Crippen molar-refractivity contribution < 1.29 is 0 Å². The Kier molecular flexibility index (Phi) is 4.08. The SMILES string of the molecule is CCC(N)Cn1c(=O)c2c(ncn2CC)n(CC)c1=O. The molecule has 1 atom stereocenters. The highest BCUT2D eigenvalue weighted by atomic mass is 16.2. The average Bonchev–Trinajstić information content (AvgIpc) is 2.87.